The van der Waals surface area contributed by atoms with Crippen LogP contribution in [0, 0.1) is 0 Å². The van der Waals surface area contributed by atoms with Gasteiger partial charge in [-0.15, -0.1) is 0 Å². The Labute approximate surface area is 576 Å². The van der Waals surface area contributed by atoms with Crippen molar-refractivity contribution in [2.45, 2.75) is 0 Å². The first-order chi connectivity index (χ1) is 48.5. The van der Waals surface area contributed by atoms with Crippen molar-refractivity contribution in [2.24, 2.45) is 0 Å². The van der Waals surface area contributed by atoms with E-state index in [1.54, 1.807) is 0 Å². The van der Waals surface area contributed by atoms with Crippen LogP contribution in [0.2, 0.25) is 0 Å². The lowest BCUT2D eigenvalue weighted by Gasteiger charge is -2.38. The van der Waals surface area contributed by atoms with Crippen molar-refractivity contribution in [3.63, 3.8) is 0 Å². The van der Waals surface area contributed by atoms with E-state index in [9.17, 15) is 0 Å². The van der Waals surface area contributed by atoms with Crippen molar-refractivity contribution in [3.8, 4) is 101 Å². The summed E-state index contributed by atoms with van der Waals surface area (Å²) >= 11 is 0. The number of nitrogens with zero attached hydrogens (tertiary/aromatic N) is 3. The van der Waals surface area contributed by atoms with Crippen LogP contribution in [0.5, 0.6) is 0 Å². The minimum absolute atomic E-state index is 0.578. The highest BCUT2D eigenvalue weighted by Gasteiger charge is 2.46. The monoisotopic (exact) mass is 1280 g/mol. The summed E-state index contributed by atoms with van der Waals surface area (Å²) in [5, 5.41) is 9.92. The van der Waals surface area contributed by atoms with Gasteiger partial charge in [0.25, 0.3) is 0 Å². The lowest BCUT2D eigenvalue weighted by Crippen LogP contribution is -2.78. The highest BCUT2D eigenvalue weighted by atomic mass is 28.3. The van der Waals surface area contributed by atoms with E-state index in [0.29, 0.717) is 17.5 Å². The molecular weight excluding hydrogens is 1220 g/mol. The van der Waals surface area contributed by atoms with Gasteiger partial charge in [0.1, 0.15) is 0 Å². The second-order valence-corrected chi connectivity index (χ2v) is 32.6. The largest absolute Gasteiger partial charge is 0.208 e. The Hall–Kier alpha value is -12.3. The van der Waals surface area contributed by atoms with Crippen LogP contribution >= 0.6 is 0 Å². The van der Waals surface area contributed by atoms with E-state index < -0.39 is 16.1 Å². The van der Waals surface area contributed by atoms with Gasteiger partial charge in [0.05, 0.1) is 0 Å². The second kappa shape index (κ2) is 27.2. The summed E-state index contributed by atoms with van der Waals surface area (Å²) in [6, 6.07) is 150. The number of aromatic nitrogens is 3. The van der Waals surface area contributed by atoms with Crippen LogP contribution in [0.3, 0.4) is 0 Å². The van der Waals surface area contributed by atoms with Gasteiger partial charge >= 0.3 is 0 Å². The van der Waals surface area contributed by atoms with Gasteiger partial charge in [0.2, 0.25) is 0 Å². The summed E-state index contributed by atoms with van der Waals surface area (Å²) in [5.41, 5.74) is 16.4. The van der Waals surface area contributed by atoms with Crippen LogP contribution < -0.4 is 41.5 Å². The van der Waals surface area contributed by atoms with Gasteiger partial charge in [-0.05, 0) is 133 Å². The molecule has 16 aromatic rings. The molecule has 0 saturated carbocycles. The summed E-state index contributed by atoms with van der Waals surface area (Å²) < 4.78 is 0. The number of benzene rings is 15. The molecule has 0 fully saturated rings. The molecule has 0 amide bonds. The molecule has 0 N–H and O–H groups in total. The average Bonchev–Trinajstić information content (AvgIpc) is 0.711. The Kier molecular flexibility index (Phi) is 16.9. The van der Waals surface area contributed by atoms with Crippen molar-refractivity contribution < 1.29 is 0 Å². The highest BCUT2D eigenvalue weighted by molar-refractivity contribution is 7.22. The zero-order chi connectivity index (χ0) is 65.5. The SMILES string of the molecule is c1ccc(-c2cccc(-c3cccc([Si](c4ccccc4)(c4ccccc4)c4cc(-c5nc(-c6cccc(-c7ccccc7)c6)nc(-c6cccc(-c7ccccc7)c6)n5)cc([Si](c5ccccc5)(c5ccccc5)c5cccc(-c6cccc(-c7ccccc7)c6)c5)c4)c3)c2)cc1. The molecule has 0 aliphatic carbocycles. The molecule has 5 heteroatoms. The van der Waals surface area contributed by atoms with Gasteiger partial charge in [-0.3, -0.25) is 0 Å². The zero-order valence-electron chi connectivity index (χ0n) is 54.0. The fourth-order valence-electron chi connectivity index (χ4n) is 14.5. The van der Waals surface area contributed by atoms with E-state index >= 15 is 0 Å². The Morgan fingerprint density at radius 3 is 0.592 bits per heavy atom. The fourth-order valence-corrected chi connectivity index (χ4v) is 24.4. The van der Waals surface area contributed by atoms with E-state index in [2.05, 4.69) is 406 Å². The molecule has 1 heterocycles. The lowest BCUT2D eigenvalue weighted by atomic mass is 9.99. The van der Waals surface area contributed by atoms with Crippen LogP contribution in [0.25, 0.3) is 101 Å². The Balaban J connectivity index is 1.03. The molecule has 0 bridgehead atoms. The summed E-state index contributed by atoms with van der Waals surface area (Å²) in [6.45, 7) is 0. The fraction of sp³-hybridized carbons (Fsp3) is 0. The third kappa shape index (κ3) is 11.9. The first kappa shape index (κ1) is 60.7. The van der Waals surface area contributed by atoms with E-state index in [4.69, 9.17) is 15.0 Å². The van der Waals surface area contributed by atoms with Crippen LogP contribution in [0.15, 0.2) is 406 Å². The zero-order valence-corrected chi connectivity index (χ0v) is 56.0. The van der Waals surface area contributed by atoms with Crippen molar-refractivity contribution in [3.05, 3.63) is 406 Å². The molecule has 0 saturated heterocycles. The molecule has 3 nitrogen and oxygen atoms in total. The second-order valence-electron chi connectivity index (χ2n) is 25.0. The van der Waals surface area contributed by atoms with Gasteiger partial charge < -0.3 is 0 Å². The Morgan fingerprint density at radius 1 is 0.122 bits per heavy atom. The summed E-state index contributed by atoms with van der Waals surface area (Å²) in [6.07, 6.45) is 0. The van der Waals surface area contributed by atoms with Crippen molar-refractivity contribution in [2.75, 3.05) is 0 Å². The van der Waals surface area contributed by atoms with Gasteiger partial charge in [0.15, 0.2) is 33.6 Å². The molecule has 98 heavy (non-hydrogen) atoms. The third-order valence-corrected chi connectivity index (χ3v) is 28.6. The Morgan fingerprint density at radius 2 is 0.306 bits per heavy atom. The van der Waals surface area contributed by atoms with Crippen LogP contribution in [-0.4, -0.2) is 31.1 Å². The number of hydrogen-bond donors (Lipinski definition) is 0. The molecule has 0 radical (unpaired) electrons. The van der Waals surface area contributed by atoms with Crippen molar-refractivity contribution >= 4 is 57.6 Å². The van der Waals surface area contributed by atoms with Crippen LogP contribution in [-0.2, 0) is 0 Å². The maximum absolute atomic E-state index is 5.78. The van der Waals surface area contributed by atoms with E-state index in [0.717, 1.165) is 61.2 Å². The quantitative estimate of drug-likeness (QED) is 0.0674. The predicted molar refractivity (Wildman–Crippen MR) is 416 cm³/mol. The predicted octanol–water partition coefficient (Wildman–Crippen LogP) is 17.6. The van der Waals surface area contributed by atoms with Crippen LogP contribution in [0.1, 0.15) is 0 Å². The highest BCUT2D eigenvalue weighted by Crippen LogP contribution is 2.33. The molecule has 0 aliphatic heterocycles. The number of rotatable bonds is 17. The van der Waals surface area contributed by atoms with E-state index in [-0.39, 0.29) is 0 Å². The minimum Gasteiger partial charge on any atom is -0.208 e. The Bertz CT molecular complexity index is 5010. The third-order valence-electron chi connectivity index (χ3n) is 19.2. The molecule has 462 valence electrons. The van der Waals surface area contributed by atoms with Crippen molar-refractivity contribution in [1.29, 1.82) is 0 Å². The summed E-state index contributed by atoms with van der Waals surface area (Å²) in [4.78, 5) is 17.1. The maximum Gasteiger partial charge on any atom is 0.179 e. The smallest absolute Gasteiger partial charge is 0.179 e. The standard InChI is InChI=1S/C93H67N3Si2/c1-9-31-68(32-10-1)72-39-25-43-76(59-72)78-45-29-57-87(63-78)97(83-49-17-5-18-50-83,84-51-19-6-20-52-84)89-65-82(93-95-91(80-47-27-41-74(61-80)70-35-13-3-14-36-70)94-92(96-93)81-48-28-42-75(62-81)71-37-15-4-16-38-71)66-90(67-89)98(85-53-21-7-22-54-85,86-55-23-8-24-56-86)88-58-30-46-79(64-88)77-44-26-40-73(60-77)69-33-11-2-12-34-69/h1-67H. The molecule has 1 aromatic heterocycles. The minimum atomic E-state index is -3.52. The van der Waals surface area contributed by atoms with E-state index in [1.807, 2.05) is 0 Å². The molecule has 15 aromatic carbocycles. The molecule has 0 spiro atoms. The number of hydrogen-bond acceptors (Lipinski definition) is 3. The normalized spacial score (nSPS) is 11.5. The first-order valence-electron chi connectivity index (χ1n) is 33.5. The van der Waals surface area contributed by atoms with Crippen LogP contribution in [0.4, 0.5) is 0 Å². The maximum atomic E-state index is 5.78. The van der Waals surface area contributed by atoms with Gasteiger partial charge in [-0.2, -0.15) is 0 Å². The van der Waals surface area contributed by atoms with Gasteiger partial charge in [-0.25, -0.2) is 15.0 Å². The molecule has 0 atom stereocenters. The first-order valence-corrected chi connectivity index (χ1v) is 37.5. The molecule has 0 unspecified atom stereocenters. The molecule has 16 rings (SSSR count). The van der Waals surface area contributed by atoms with E-state index in [1.165, 1.54) is 63.7 Å². The lowest BCUT2D eigenvalue weighted by molar-refractivity contribution is 1.07. The average molecular weight is 1280 g/mol. The van der Waals surface area contributed by atoms with Gasteiger partial charge in [-0.1, -0.05) is 382 Å². The topological polar surface area (TPSA) is 38.7 Å². The molecular formula is C93H67N3Si2. The molecule has 0 aliphatic rings. The summed E-state index contributed by atoms with van der Waals surface area (Å²) in [5.74, 6) is 1.74. The summed E-state index contributed by atoms with van der Waals surface area (Å²) in [7, 11) is -7.03. The van der Waals surface area contributed by atoms with Crippen molar-refractivity contribution in [1.82, 2.24) is 15.0 Å². The van der Waals surface area contributed by atoms with Gasteiger partial charge in [0, 0.05) is 16.7 Å².